The van der Waals surface area contributed by atoms with E-state index < -0.39 is 16.4 Å². The van der Waals surface area contributed by atoms with Crippen molar-refractivity contribution in [3.63, 3.8) is 0 Å². The summed E-state index contributed by atoms with van der Waals surface area (Å²) in [7, 11) is -3.78. The second kappa shape index (κ2) is 8.51. The molecule has 1 aromatic rings. The minimum atomic E-state index is -3.78. The van der Waals surface area contributed by atoms with Gasteiger partial charge in [-0.1, -0.05) is 51.3 Å². The molecule has 0 radical (unpaired) electrons. The number of aryl methyl sites for hydroxylation is 1. The maximum absolute atomic E-state index is 12.2. The van der Waals surface area contributed by atoms with Crippen molar-refractivity contribution in [2.24, 2.45) is 5.92 Å². The van der Waals surface area contributed by atoms with Gasteiger partial charge in [0.15, 0.2) is 6.29 Å². The molecule has 5 heteroatoms. The first-order valence-electron chi connectivity index (χ1n) is 7.50. The van der Waals surface area contributed by atoms with Crippen LogP contribution in [-0.4, -0.2) is 21.3 Å². The molecule has 1 aromatic carbocycles. The van der Waals surface area contributed by atoms with Gasteiger partial charge in [-0.25, -0.2) is 4.18 Å². The zero-order valence-corrected chi connectivity index (χ0v) is 14.2. The van der Waals surface area contributed by atoms with Crippen molar-refractivity contribution >= 4 is 10.1 Å². The molecule has 21 heavy (non-hydrogen) atoms. The summed E-state index contributed by atoms with van der Waals surface area (Å²) in [6.07, 6.45) is 1.63. The lowest BCUT2D eigenvalue weighted by molar-refractivity contribution is -0.0910. The molecule has 2 atom stereocenters. The van der Waals surface area contributed by atoms with Crippen molar-refractivity contribution < 1.29 is 17.3 Å². The van der Waals surface area contributed by atoms with Crippen LogP contribution in [0.15, 0.2) is 29.2 Å². The van der Waals surface area contributed by atoms with Crippen molar-refractivity contribution in [2.45, 2.75) is 58.1 Å². The van der Waals surface area contributed by atoms with Crippen LogP contribution >= 0.6 is 0 Å². The standard InChI is InChI=1S/C16H26O4S/c1-5-7-16(19-12-13(3)6-2)20-21(17,18)15-10-8-14(4)9-11-15/h8-11,13,16H,5-7,12H2,1-4H3. The van der Waals surface area contributed by atoms with E-state index in [1.54, 1.807) is 24.3 Å². The summed E-state index contributed by atoms with van der Waals surface area (Å²) >= 11 is 0. The SMILES string of the molecule is CCCC(OCC(C)CC)OS(=O)(=O)c1ccc(C)cc1. The fraction of sp³-hybridized carbons (Fsp3) is 0.625. The molecule has 0 spiro atoms. The Kier molecular flexibility index (Phi) is 7.35. The van der Waals surface area contributed by atoms with Gasteiger partial charge in [-0.15, -0.1) is 0 Å². The Balaban J connectivity index is 2.74. The first-order valence-corrected chi connectivity index (χ1v) is 8.91. The van der Waals surface area contributed by atoms with Gasteiger partial charge >= 0.3 is 0 Å². The first-order chi connectivity index (χ1) is 9.89. The zero-order chi connectivity index (χ0) is 15.9. The normalized spacial score (nSPS) is 14.9. The van der Waals surface area contributed by atoms with Gasteiger partial charge in [0, 0.05) is 0 Å². The van der Waals surface area contributed by atoms with E-state index in [0.29, 0.717) is 18.9 Å². The van der Waals surface area contributed by atoms with E-state index in [1.807, 2.05) is 13.8 Å². The highest BCUT2D eigenvalue weighted by atomic mass is 32.2. The molecule has 1 rings (SSSR count). The van der Waals surface area contributed by atoms with Gasteiger partial charge in [-0.2, -0.15) is 8.42 Å². The Bertz CT molecular complexity index is 508. The highest BCUT2D eigenvalue weighted by Gasteiger charge is 2.22. The maximum atomic E-state index is 12.2. The second-order valence-electron chi connectivity index (χ2n) is 5.43. The van der Waals surface area contributed by atoms with Crippen LogP contribution in [0.1, 0.15) is 45.6 Å². The van der Waals surface area contributed by atoms with E-state index in [2.05, 4.69) is 13.8 Å². The van der Waals surface area contributed by atoms with Gasteiger partial charge < -0.3 is 4.74 Å². The summed E-state index contributed by atoms with van der Waals surface area (Å²) in [4.78, 5) is 0.168. The van der Waals surface area contributed by atoms with Gasteiger partial charge in [0.2, 0.25) is 0 Å². The van der Waals surface area contributed by atoms with Crippen LogP contribution in [0.4, 0.5) is 0 Å². The van der Waals surface area contributed by atoms with Crippen molar-refractivity contribution in [3.8, 4) is 0 Å². The van der Waals surface area contributed by atoms with Crippen LogP contribution in [0, 0.1) is 12.8 Å². The lowest BCUT2D eigenvalue weighted by Crippen LogP contribution is -2.24. The highest BCUT2D eigenvalue weighted by Crippen LogP contribution is 2.18. The molecule has 0 saturated carbocycles. The van der Waals surface area contributed by atoms with E-state index in [1.165, 1.54) is 0 Å². The Morgan fingerprint density at radius 3 is 2.29 bits per heavy atom. The van der Waals surface area contributed by atoms with Crippen molar-refractivity contribution in [2.75, 3.05) is 6.61 Å². The molecule has 0 heterocycles. The molecule has 120 valence electrons. The number of hydrogen-bond acceptors (Lipinski definition) is 4. The average Bonchev–Trinajstić information content (AvgIpc) is 2.44. The number of rotatable bonds is 9. The van der Waals surface area contributed by atoms with E-state index in [4.69, 9.17) is 8.92 Å². The average molecular weight is 314 g/mol. The maximum Gasteiger partial charge on any atom is 0.299 e. The first kappa shape index (κ1) is 18.1. The topological polar surface area (TPSA) is 52.6 Å². The smallest absolute Gasteiger partial charge is 0.299 e. The quantitative estimate of drug-likeness (QED) is 0.512. The van der Waals surface area contributed by atoms with E-state index in [-0.39, 0.29) is 4.90 Å². The molecular weight excluding hydrogens is 288 g/mol. The van der Waals surface area contributed by atoms with Crippen LogP contribution < -0.4 is 0 Å². The summed E-state index contributed by atoms with van der Waals surface area (Å²) in [6.45, 7) is 8.53. The van der Waals surface area contributed by atoms with E-state index in [9.17, 15) is 8.42 Å². The molecule has 0 bridgehead atoms. The fourth-order valence-corrected chi connectivity index (χ4v) is 2.70. The molecule has 0 N–H and O–H groups in total. The van der Waals surface area contributed by atoms with Crippen molar-refractivity contribution in [1.29, 1.82) is 0 Å². The van der Waals surface area contributed by atoms with Crippen LogP contribution in [0.3, 0.4) is 0 Å². The Morgan fingerprint density at radius 1 is 1.14 bits per heavy atom. The molecule has 0 aliphatic rings. The number of ether oxygens (including phenoxy) is 1. The van der Waals surface area contributed by atoms with Gasteiger partial charge in [0.05, 0.1) is 11.5 Å². The molecule has 4 nitrogen and oxygen atoms in total. The fourth-order valence-electron chi connectivity index (χ4n) is 1.69. The molecule has 0 aliphatic heterocycles. The third kappa shape index (κ3) is 6.16. The molecule has 0 aliphatic carbocycles. The Labute approximate surface area is 128 Å². The molecule has 0 saturated heterocycles. The van der Waals surface area contributed by atoms with Crippen LogP contribution in [0.2, 0.25) is 0 Å². The predicted octanol–water partition coefficient (Wildman–Crippen LogP) is 3.89. The summed E-state index contributed by atoms with van der Waals surface area (Å²) in [6, 6.07) is 6.63. The zero-order valence-electron chi connectivity index (χ0n) is 13.3. The molecule has 0 fully saturated rings. The van der Waals surface area contributed by atoms with Gasteiger partial charge in [-0.3, -0.25) is 0 Å². The van der Waals surface area contributed by atoms with Crippen LogP contribution in [0.25, 0.3) is 0 Å². The third-order valence-corrected chi connectivity index (χ3v) is 4.65. The lowest BCUT2D eigenvalue weighted by Gasteiger charge is -2.19. The third-order valence-electron chi connectivity index (χ3n) is 3.33. The summed E-state index contributed by atoms with van der Waals surface area (Å²) in [5.41, 5.74) is 1.01. The minimum absolute atomic E-state index is 0.168. The van der Waals surface area contributed by atoms with Crippen molar-refractivity contribution in [1.82, 2.24) is 0 Å². The van der Waals surface area contributed by atoms with Gasteiger partial charge in [0.1, 0.15) is 0 Å². The van der Waals surface area contributed by atoms with E-state index in [0.717, 1.165) is 18.4 Å². The number of benzene rings is 1. The van der Waals surface area contributed by atoms with Crippen LogP contribution in [0.5, 0.6) is 0 Å². The summed E-state index contributed by atoms with van der Waals surface area (Å²) in [5, 5.41) is 0. The van der Waals surface area contributed by atoms with E-state index >= 15 is 0 Å². The predicted molar refractivity (Wildman–Crippen MR) is 83.6 cm³/mol. The lowest BCUT2D eigenvalue weighted by atomic mass is 10.1. The number of hydrogen-bond donors (Lipinski definition) is 0. The summed E-state index contributed by atoms with van der Waals surface area (Å²) in [5.74, 6) is 0.384. The monoisotopic (exact) mass is 314 g/mol. The Morgan fingerprint density at radius 2 is 1.76 bits per heavy atom. The molecular formula is C16H26O4S. The van der Waals surface area contributed by atoms with Gasteiger partial charge in [-0.05, 0) is 31.4 Å². The van der Waals surface area contributed by atoms with Gasteiger partial charge in [0.25, 0.3) is 10.1 Å². The molecule has 0 aromatic heterocycles. The largest absolute Gasteiger partial charge is 0.351 e. The van der Waals surface area contributed by atoms with Crippen molar-refractivity contribution in [3.05, 3.63) is 29.8 Å². The molecule has 2 unspecified atom stereocenters. The highest BCUT2D eigenvalue weighted by molar-refractivity contribution is 7.86. The summed E-state index contributed by atoms with van der Waals surface area (Å²) < 4.78 is 35.3. The minimum Gasteiger partial charge on any atom is -0.351 e. The molecule has 0 amide bonds. The second-order valence-corrected chi connectivity index (χ2v) is 7.00. The van der Waals surface area contributed by atoms with Crippen LogP contribution in [-0.2, 0) is 19.0 Å². The Hall–Kier alpha value is -0.910.